The zero-order chi connectivity index (χ0) is 20.2. The third kappa shape index (κ3) is 5.94. The first-order valence-electron chi connectivity index (χ1n) is 8.39. The van der Waals surface area contributed by atoms with Crippen molar-refractivity contribution < 1.29 is 13.2 Å². The average Bonchev–Trinajstić information content (AvgIpc) is 2.56. The molecule has 0 aliphatic rings. The summed E-state index contributed by atoms with van der Waals surface area (Å²) in [4.78, 5) is 12.4. The number of nitrogens with one attached hydrogen (secondary N) is 1. The molecule has 0 bridgehead atoms. The summed E-state index contributed by atoms with van der Waals surface area (Å²) in [6.45, 7) is 5.14. The summed E-state index contributed by atoms with van der Waals surface area (Å²) < 4.78 is 27.4. The Hall–Kier alpha value is -1.60. The number of nitrogens with zero attached hydrogens (tertiary/aromatic N) is 1. The Balaban J connectivity index is 2.39. The third-order valence-corrected chi connectivity index (χ3v) is 6.18. The molecule has 1 N–H and O–H groups in total. The van der Waals surface area contributed by atoms with Crippen molar-refractivity contribution in [3.05, 3.63) is 63.6 Å². The minimum absolute atomic E-state index is 0.0439. The Labute approximate surface area is 170 Å². The van der Waals surface area contributed by atoms with E-state index in [1.807, 2.05) is 20.8 Å². The second-order valence-electron chi connectivity index (χ2n) is 6.54. The van der Waals surface area contributed by atoms with E-state index < -0.39 is 10.0 Å². The van der Waals surface area contributed by atoms with Gasteiger partial charge < -0.3 is 5.32 Å². The maximum atomic E-state index is 13.1. The fraction of sp³-hybridized carbons (Fsp3) is 0.316. The minimum Gasteiger partial charge on any atom is -0.353 e. The molecule has 8 heteroatoms. The van der Waals surface area contributed by atoms with E-state index in [-0.39, 0.29) is 29.9 Å². The molecule has 0 fully saturated rings. The van der Waals surface area contributed by atoms with Gasteiger partial charge in [-0.1, -0.05) is 47.0 Å². The quantitative estimate of drug-likeness (QED) is 0.723. The Kier molecular flexibility index (Phi) is 7.28. The van der Waals surface area contributed by atoms with E-state index in [4.69, 9.17) is 23.2 Å². The van der Waals surface area contributed by atoms with Gasteiger partial charge in [0.25, 0.3) is 0 Å². The van der Waals surface area contributed by atoms with Gasteiger partial charge in [-0.25, -0.2) is 8.42 Å². The number of hydrogen-bond acceptors (Lipinski definition) is 3. The summed E-state index contributed by atoms with van der Waals surface area (Å²) in [5, 5.41) is 3.51. The van der Waals surface area contributed by atoms with Crippen LogP contribution >= 0.6 is 23.2 Å². The first kappa shape index (κ1) is 21.7. The van der Waals surface area contributed by atoms with E-state index in [9.17, 15) is 13.2 Å². The minimum atomic E-state index is -3.89. The zero-order valence-electron chi connectivity index (χ0n) is 15.4. The van der Waals surface area contributed by atoms with E-state index in [0.717, 1.165) is 9.87 Å². The molecule has 2 aromatic carbocycles. The normalized spacial score (nSPS) is 11.8. The highest BCUT2D eigenvalue weighted by Crippen LogP contribution is 2.25. The molecule has 0 heterocycles. The maximum Gasteiger partial charge on any atom is 0.243 e. The maximum absolute atomic E-state index is 13.1. The van der Waals surface area contributed by atoms with Gasteiger partial charge >= 0.3 is 0 Å². The second-order valence-corrected chi connectivity index (χ2v) is 9.33. The molecule has 1 amide bonds. The molecule has 0 saturated heterocycles. The number of carbonyl (C=O) groups excluding carboxylic acids is 1. The lowest BCUT2D eigenvalue weighted by Crippen LogP contribution is -2.42. The molecule has 146 valence electrons. The Morgan fingerprint density at radius 2 is 1.74 bits per heavy atom. The van der Waals surface area contributed by atoms with Gasteiger partial charge in [-0.2, -0.15) is 4.31 Å². The molecule has 0 aliphatic carbocycles. The Morgan fingerprint density at radius 3 is 2.30 bits per heavy atom. The van der Waals surface area contributed by atoms with Crippen molar-refractivity contribution in [3.63, 3.8) is 0 Å². The molecular formula is C19H22Cl2N2O3S. The molecular weight excluding hydrogens is 407 g/mol. The molecule has 0 radical (unpaired) electrons. The van der Waals surface area contributed by atoms with E-state index in [0.29, 0.717) is 15.6 Å². The first-order chi connectivity index (χ1) is 12.6. The summed E-state index contributed by atoms with van der Waals surface area (Å²) in [5.74, 6) is -0.384. The first-order valence-corrected chi connectivity index (χ1v) is 10.6. The van der Waals surface area contributed by atoms with Crippen molar-refractivity contribution in [1.82, 2.24) is 9.62 Å². The number of aryl methyl sites for hydroxylation is 1. The van der Waals surface area contributed by atoms with Crippen molar-refractivity contribution in [3.8, 4) is 0 Å². The SMILES string of the molecule is Cc1ccc(S(=O)(=O)N(CC(=O)NC(C)C)Cc2ccc(Cl)cc2Cl)cc1. The molecule has 0 atom stereocenters. The molecule has 0 saturated carbocycles. The molecule has 0 spiro atoms. The van der Waals surface area contributed by atoms with Crippen LogP contribution in [0, 0.1) is 6.92 Å². The van der Waals surface area contributed by atoms with E-state index in [1.165, 1.54) is 12.1 Å². The molecule has 2 rings (SSSR count). The van der Waals surface area contributed by atoms with Crippen LogP contribution in [0.25, 0.3) is 0 Å². The Bertz CT molecular complexity index is 913. The highest BCUT2D eigenvalue weighted by molar-refractivity contribution is 7.89. The van der Waals surface area contributed by atoms with Crippen molar-refractivity contribution in [2.75, 3.05) is 6.54 Å². The van der Waals surface area contributed by atoms with Crippen molar-refractivity contribution in [2.24, 2.45) is 0 Å². The molecule has 2 aromatic rings. The van der Waals surface area contributed by atoms with Crippen molar-refractivity contribution in [1.29, 1.82) is 0 Å². The lowest BCUT2D eigenvalue weighted by Gasteiger charge is -2.23. The largest absolute Gasteiger partial charge is 0.353 e. The molecule has 0 aliphatic heterocycles. The third-order valence-electron chi connectivity index (χ3n) is 3.79. The van der Waals surface area contributed by atoms with Gasteiger partial charge in [0.1, 0.15) is 0 Å². The molecule has 27 heavy (non-hydrogen) atoms. The van der Waals surface area contributed by atoms with Crippen LogP contribution < -0.4 is 5.32 Å². The lowest BCUT2D eigenvalue weighted by molar-refractivity contribution is -0.121. The van der Waals surface area contributed by atoms with Gasteiger partial charge in [0, 0.05) is 22.6 Å². The number of amides is 1. The number of halogens is 2. The van der Waals surface area contributed by atoms with Crippen molar-refractivity contribution in [2.45, 2.75) is 38.3 Å². The van der Waals surface area contributed by atoms with E-state index >= 15 is 0 Å². The van der Waals surface area contributed by atoms with Gasteiger partial charge in [-0.3, -0.25) is 4.79 Å². The summed E-state index contributed by atoms with van der Waals surface area (Å²) in [7, 11) is -3.89. The topological polar surface area (TPSA) is 66.5 Å². The number of hydrogen-bond donors (Lipinski definition) is 1. The van der Waals surface area contributed by atoms with Crippen LogP contribution in [0.5, 0.6) is 0 Å². The highest BCUT2D eigenvalue weighted by atomic mass is 35.5. The van der Waals surface area contributed by atoms with Crippen LogP contribution in [-0.4, -0.2) is 31.2 Å². The smallest absolute Gasteiger partial charge is 0.243 e. The van der Waals surface area contributed by atoms with Gasteiger partial charge in [0.15, 0.2) is 0 Å². The highest BCUT2D eigenvalue weighted by Gasteiger charge is 2.27. The number of carbonyl (C=O) groups is 1. The van der Waals surface area contributed by atoms with Gasteiger partial charge in [-0.15, -0.1) is 0 Å². The van der Waals surface area contributed by atoms with Crippen LogP contribution in [-0.2, 0) is 21.4 Å². The van der Waals surface area contributed by atoms with Gasteiger partial charge in [-0.05, 0) is 50.6 Å². The van der Waals surface area contributed by atoms with Crippen LogP contribution in [0.15, 0.2) is 47.4 Å². The molecule has 0 aromatic heterocycles. The number of benzene rings is 2. The standard InChI is InChI=1S/C19H22Cl2N2O3S/c1-13(2)22-19(24)12-23(11-15-6-7-16(20)10-18(15)21)27(25,26)17-8-4-14(3)5-9-17/h4-10,13H,11-12H2,1-3H3,(H,22,24). The molecule has 0 unspecified atom stereocenters. The van der Waals surface area contributed by atoms with E-state index in [2.05, 4.69) is 5.32 Å². The summed E-state index contributed by atoms with van der Waals surface area (Å²) in [6, 6.07) is 11.2. The van der Waals surface area contributed by atoms with Crippen LogP contribution in [0.4, 0.5) is 0 Å². The summed E-state index contributed by atoms with van der Waals surface area (Å²) in [6.07, 6.45) is 0. The monoisotopic (exact) mass is 428 g/mol. The van der Waals surface area contributed by atoms with Crippen LogP contribution in [0.3, 0.4) is 0 Å². The summed E-state index contributed by atoms with van der Waals surface area (Å²) >= 11 is 12.1. The van der Waals surface area contributed by atoms with Gasteiger partial charge in [0.05, 0.1) is 11.4 Å². The number of rotatable bonds is 7. The predicted octanol–water partition coefficient (Wildman–Crippen LogP) is 4.02. The predicted molar refractivity (Wildman–Crippen MR) is 109 cm³/mol. The summed E-state index contributed by atoms with van der Waals surface area (Å²) in [5.41, 5.74) is 1.51. The molecule has 5 nitrogen and oxygen atoms in total. The Morgan fingerprint density at radius 1 is 1.11 bits per heavy atom. The fourth-order valence-corrected chi connectivity index (χ4v) is 4.30. The fourth-order valence-electron chi connectivity index (χ4n) is 2.45. The van der Waals surface area contributed by atoms with Gasteiger partial charge in [0.2, 0.25) is 15.9 Å². The average molecular weight is 429 g/mol. The zero-order valence-corrected chi connectivity index (χ0v) is 17.7. The van der Waals surface area contributed by atoms with Crippen molar-refractivity contribution >= 4 is 39.1 Å². The van der Waals surface area contributed by atoms with Crippen LogP contribution in [0.2, 0.25) is 10.0 Å². The lowest BCUT2D eigenvalue weighted by atomic mass is 10.2. The number of sulfonamides is 1. The van der Waals surface area contributed by atoms with E-state index in [1.54, 1.807) is 30.3 Å². The second kappa shape index (κ2) is 9.06. The van der Waals surface area contributed by atoms with Crippen LogP contribution in [0.1, 0.15) is 25.0 Å².